The van der Waals surface area contributed by atoms with E-state index in [4.69, 9.17) is 15.2 Å². The zero-order chi connectivity index (χ0) is 18.0. The summed E-state index contributed by atoms with van der Waals surface area (Å²) in [5, 5.41) is 0. The van der Waals surface area contributed by atoms with Crippen molar-refractivity contribution in [3.8, 4) is 0 Å². The minimum Gasteiger partial charge on any atom is -0.535 e. The van der Waals surface area contributed by atoms with E-state index in [0.717, 1.165) is 55.8 Å². The van der Waals surface area contributed by atoms with Crippen LogP contribution in [0.1, 0.15) is 0 Å². The molecule has 5 heteroatoms. The molecule has 0 amide bonds. The number of rotatable bonds is 4. The summed E-state index contributed by atoms with van der Waals surface area (Å²) < 4.78 is 11.1. The van der Waals surface area contributed by atoms with Gasteiger partial charge in [0.1, 0.15) is 0 Å². The van der Waals surface area contributed by atoms with Crippen molar-refractivity contribution in [2.24, 2.45) is 5.73 Å². The third-order valence-corrected chi connectivity index (χ3v) is 4.33. The topological polar surface area (TPSA) is 47.7 Å². The second-order valence-corrected chi connectivity index (χ2v) is 6.19. The SMILES string of the molecule is N[C-]1C=C(OCCN2CCOCC2)C=CC1=C1C=CC=C1.[Fe+2].c1cc[cH-]c1. The van der Waals surface area contributed by atoms with Crippen LogP contribution < -0.4 is 5.73 Å². The summed E-state index contributed by atoms with van der Waals surface area (Å²) in [5.74, 6) is 0.830. The monoisotopic (exact) mass is 406 g/mol. The molecule has 1 aromatic rings. The van der Waals surface area contributed by atoms with Crippen molar-refractivity contribution in [3.63, 3.8) is 0 Å². The molecule has 27 heavy (non-hydrogen) atoms. The molecule has 1 heterocycles. The maximum Gasteiger partial charge on any atom is 2.00 e. The Kier molecular flexibility index (Phi) is 9.32. The zero-order valence-corrected chi connectivity index (χ0v) is 16.5. The minimum atomic E-state index is 0. The normalized spacial score (nSPS) is 18.7. The van der Waals surface area contributed by atoms with E-state index in [2.05, 4.69) is 17.1 Å². The zero-order valence-electron chi connectivity index (χ0n) is 15.4. The molecule has 0 unspecified atom stereocenters. The van der Waals surface area contributed by atoms with Crippen LogP contribution in [-0.2, 0) is 26.5 Å². The quantitative estimate of drug-likeness (QED) is 0.617. The van der Waals surface area contributed by atoms with Gasteiger partial charge in [0.05, 0.1) is 19.8 Å². The van der Waals surface area contributed by atoms with Gasteiger partial charge in [0.2, 0.25) is 0 Å². The maximum absolute atomic E-state index is 6.12. The Balaban J connectivity index is 0.000000379. The molecule has 4 rings (SSSR count). The van der Waals surface area contributed by atoms with Crippen LogP contribution in [0.5, 0.6) is 0 Å². The Bertz CT molecular complexity index is 665. The minimum absolute atomic E-state index is 0. The summed E-state index contributed by atoms with van der Waals surface area (Å²) in [5.41, 5.74) is 8.32. The van der Waals surface area contributed by atoms with Gasteiger partial charge in [0.25, 0.3) is 0 Å². The summed E-state index contributed by atoms with van der Waals surface area (Å²) in [7, 11) is 0. The maximum atomic E-state index is 6.12. The number of nitrogens with two attached hydrogens (primary N) is 1. The van der Waals surface area contributed by atoms with Crippen molar-refractivity contribution in [1.82, 2.24) is 4.90 Å². The Labute approximate surface area is 172 Å². The molecule has 1 fully saturated rings. The van der Waals surface area contributed by atoms with Gasteiger partial charge in [-0.3, -0.25) is 4.90 Å². The summed E-state index contributed by atoms with van der Waals surface area (Å²) in [6.45, 7) is 5.22. The largest absolute Gasteiger partial charge is 2.00 e. The Morgan fingerprint density at radius 1 is 1.07 bits per heavy atom. The molecule has 2 N–H and O–H groups in total. The average molecular weight is 406 g/mol. The van der Waals surface area contributed by atoms with Crippen LogP contribution in [0, 0.1) is 6.04 Å². The van der Waals surface area contributed by atoms with E-state index >= 15 is 0 Å². The second kappa shape index (κ2) is 11.8. The van der Waals surface area contributed by atoms with E-state index in [1.54, 1.807) is 0 Å². The van der Waals surface area contributed by atoms with Crippen LogP contribution >= 0.6 is 0 Å². The van der Waals surface area contributed by atoms with E-state index in [1.807, 2.05) is 60.7 Å². The van der Waals surface area contributed by atoms with Crippen molar-refractivity contribution in [2.75, 3.05) is 39.5 Å². The third kappa shape index (κ3) is 6.98. The van der Waals surface area contributed by atoms with Crippen LogP contribution in [0.15, 0.2) is 89.8 Å². The first-order valence-corrected chi connectivity index (χ1v) is 9.04. The molecule has 4 nitrogen and oxygen atoms in total. The number of nitrogens with zero attached hydrogens (tertiary/aromatic N) is 1. The van der Waals surface area contributed by atoms with E-state index in [9.17, 15) is 0 Å². The van der Waals surface area contributed by atoms with Crippen LogP contribution in [0.3, 0.4) is 0 Å². The summed E-state index contributed by atoms with van der Waals surface area (Å²) in [4.78, 5) is 2.35. The standard InChI is InChI=1S/C17H21N2O2.C5H5.Fe/c18-17-13-15(5-6-16(17)14-3-1-2-4-14)21-12-9-19-7-10-20-11-8-19;1-2-4-5-3-1;/h1-6,13H,7-12,18H2;1-5H;/q2*-1;+2. The van der Waals surface area contributed by atoms with Crippen LogP contribution in [0.25, 0.3) is 0 Å². The molecule has 3 aliphatic rings. The molecule has 2 aliphatic carbocycles. The third-order valence-electron chi connectivity index (χ3n) is 4.33. The van der Waals surface area contributed by atoms with Crippen LogP contribution in [-0.4, -0.2) is 44.4 Å². The molecule has 0 aromatic heterocycles. The smallest absolute Gasteiger partial charge is 0.535 e. The van der Waals surface area contributed by atoms with Gasteiger partial charge in [-0.15, -0.1) is 17.7 Å². The summed E-state index contributed by atoms with van der Waals surface area (Å²) in [6.07, 6.45) is 14.1. The van der Waals surface area contributed by atoms with Gasteiger partial charge in [-0.1, -0.05) is 42.0 Å². The molecule has 1 saturated heterocycles. The number of hydrogen-bond donors (Lipinski definition) is 1. The van der Waals surface area contributed by atoms with E-state index in [1.165, 1.54) is 0 Å². The summed E-state index contributed by atoms with van der Waals surface area (Å²) >= 11 is 0. The molecule has 0 bridgehead atoms. The van der Waals surface area contributed by atoms with Crippen molar-refractivity contribution in [2.45, 2.75) is 0 Å². The molecule has 0 saturated carbocycles. The molecular weight excluding hydrogens is 380 g/mol. The van der Waals surface area contributed by atoms with Crippen molar-refractivity contribution in [1.29, 1.82) is 0 Å². The molecule has 144 valence electrons. The fraction of sp³-hybridized carbons (Fsp3) is 0.273. The van der Waals surface area contributed by atoms with Crippen molar-refractivity contribution in [3.05, 3.63) is 95.8 Å². The molecule has 0 atom stereocenters. The van der Waals surface area contributed by atoms with Gasteiger partial charge in [-0.05, 0) is 0 Å². The van der Waals surface area contributed by atoms with Gasteiger partial charge in [0.15, 0.2) is 0 Å². The number of allylic oxidation sites excluding steroid dienone is 6. The molecule has 0 spiro atoms. The predicted molar refractivity (Wildman–Crippen MR) is 105 cm³/mol. The van der Waals surface area contributed by atoms with E-state index in [-0.39, 0.29) is 17.1 Å². The summed E-state index contributed by atoms with van der Waals surface area (Å²) in [6, 6.07) is 10.8. The van der Waals surface area contributed by atoms with Gasteiger partial charge >= 0.3 is 17.1 Å². The molecule has 0 radical (unpaired) electrons. The number of morpholine rings is 1. The van der Waals surface area contributed by atoms with Crippen LogP contribution in [0.2, 0.25) is 0 Å². The number of ether oxygens (including phenoxy) is 2. The fourth-order valence-corrected chi connectivity index (χ4v) is 2.89. The van der Waals surface area contributed by atoms with Gasteiger partial charge in [0, 0.05) is 25.4 Å². The van der Waals surface area contributed by atoms with E-state index in [0.29, 0.717) is 6.61 Å². The second-order valence-electron chi connectivity index (χ2n) is 6.19. The first kappa shape index (κ1) is 21.4. The van der Waals surface area contributed by atoms with Gasteiger partial charge in [-0.2, -0.15) is 18.2 Å². The van der Waals surface area contributed by atoms with Crippen molar-refractivity contribution >= 4 is 0 Å². The van der Waals surface area contributed by atoms with Gasteiger partial charge in [-0.25, -0.2) is 12.1 Å². The fourth-order valence-electron chi connectivity index (χ4n) is 2.89. The Hall–Kier alpha value is -1.88. The van der Waals surface area contributed by atoms with Gasteiger partial charge < -0.3 is 15.2 Å². The molecular formula is C22H26FeN2O2. The number of hydrogen-bond acceptors (Lipinski definition) is 4. The van der Waals surface area contributed by atoms with Crippen molar-refractivity contribution < 1.29 is 26.5 Å². The first-order valence-electron chi connectivity index (χ1n) is 9.04. The molecule has 1 aliphatic heterocycles. The Morgan fingerprint density at radius 2 is 1.78 bits per heavy atom. The average Bonchev–Trinajstić information content (AvgIpc) is 3.39. The predicted octanol–water partition coefficient (Wildman–Crippen LogP) is 3.11. The first-order chi connectivity index (χ1) is 12.8. The van der Waals surface area contributed by atoms with Crippen LogP contribution in [0.4, 0.5) is 0 Å². The van der Waals surface area contributed by atoms with E-state index < -0.39 is 0 Å². The molecule has 1 aromatic carbocycles. The Morgan fingerprint density at radius 3 is 2.37 bits per heavy atom.